The number of hydrogen-bond acceptors (Lipinski definition) is 2. The third-order valence-corrected chi connectivity index (χ3v) is 3.37. The Kier molecular flexibility index (Phi) is 5.62. The summed E-state index contributed by atoms with van der Waals surface area (Å²) in [5.74, 6) is 0.809. The molecule has 1 fully saturated rings. The Morgan fingerprint density at radius 3 is 2.27 bits per heavy atom. The molecule has 0 radical (unpaired) electrons. The van der Waals surface area contributed by atoms with Crippen LogP contribution in [0, 0.1) is 5.92 Å². The number of nitrogens with one attached hydrogen (secondary N) is 1. The average molecular weight is 213 g/mol. The van der Waals surface area contributed by atoms with Crippen LogP contribution in [0.2, 0.25) is 0 Å². The Morgan fingerprint density at radius 2 is 1.80 bits per heavy atom. The second kappa shape index (κ2) is 6.49. The van der Waals surface area contributed by atoms with Gasteiger partial charge in [0.05, 0.1) is 12.2 Å². The van der Waals surface area contributed by atoms with E-state index in [1.54, 1.807) is 0 Å². The molecule has 0 aromatic rings. The molecule has 1 rings (SSSR count). The lowest BCUT2D eigenvalue weighted by Crippen LogP contribution is -2.42. The van der Waals surface area contributed by atoms with Crippen molar-refractivity contribution in [3.05, 3.63) is 0 Å². The van der Waals surface area contributed by atoms with Gasteiger partial charge < -0.3 is 10.1 Å². The van der Waals surface area contributed by atoms with Crippen molar-refractivity contribution in [3.63, 3.8) is 0 Å². The molecular weight excluding hydrogens is 186 g/mol. The molecule has 3 atom stereocenters. The molecular formula is C13H27NO. The van der Waals surface area contributed by atoms with Gasteiger partial charge in [-0.25, -0.2) is 0 Å². The zero-order valence-electron chi connectivity index (χ0n) is 10.8. The van der Waals surface area contributed by atoms with Crippen LogP contribution in [-0.2, 0) is 4.74 Å². The second-order valence-corrected chi connectivity index (χ2v) is 4.94. The first kappa shape index (κ1) is 13.0. The van der Waals surface area contributed by atoms with Gasteiger partial charge in [0, 0.05) is 6.04 Å². The summed E-state index contributed by atoms with van der Waals surface area (Å²) in [5, 5.41) is 3.64. The van der Waals surface area contributed by atoms with Gasteiger partial charge in [-0.2, -0.15) is 0 Å². The molecule has 0 aliphatic carbocycles. The van der Waals surface area contributed by atoms with E-state index in [4.69, 9.17) is 4.74 Å². The number of hydrogen-bond donors (Lipinski definition) is 1. The lowest BCUT2D eigenvalue weighted by molar-refractivity contribution is -0.0592. The molecule has 2 heteroatoms. The van der Waals surface area contributed by atoms with Gasteiger partial charge in [0.15, 0.2) is 0 Å². The SMILES string of the molecule is CCCC(NCC)C1CC(C)OC(C)C1. The molecule has 15 heavy (non-hydrogen) atoms. The molecule has 1 aliphatic heterocycles. The van der Waals surface area contributed by atoms with E-state index in [1.165, 1.54) is 25.7 Å². The van der Waals surface area contributed by atoms with Crippen LogP contribution in [0.5, 0.6) is 0 Å². The van der Waals surface area contributed by atoms with Crippen molar-refractivity contribution in [2.24, 2.45) is 5.92 Å². The van der Waals surface area contributed by atoms with E-state index in [9.17, 15) is 0 Å². The van der Waals surface area contributed by atoms with Crippen molar-refractivity contribution in [1.82, 2.24) is 5.32 Å². The molecule has 0 saturated carbocycles. The van der Waals surface area contributed by atoms with Gasteiger partial charge in [-0.05, 0) is 45.6 Å². The third kappa shape index (κ3) is 4.12. The molecule has 0 bridgehead atoms. The fraction of sp³-hybridized carbons (Fsp3) is 1.00. The van der Waals surface area contributed by atoms with Crippen LogP contribution in [0.15, 0.2) is 0 Å². The minimum atomic E-state index is 0.441. The van der Waals surface area contributed by atoms with E-state index in [0.717, 1.165) is 12.5 Å². The minimum absolute atomic E-state index is 0.441. The second-order valence-electron chi connectivity index (χ2n) is 4.94. The van der Waals surface area contributed by atoms with Crippen molar-refractivity contribution in [2.45, 2.75) is 71.6 Å². The molecule has 1 saturated heterocycles. The molecule has 90 valence electrons. The first-order chi connectivity index (χ1) is 7.17. The lowest BCUT2D eigenvalue weighted by Gasteiger charge is -2.37. The van der Waals surface area contributed by atoms with E-state index in [1.807, 2.05) is 0 Å². The van der Waals surface area contributed by atoms with E-state index in [-0.39, 0.29) is 0 Å². The Hall–Kier alpha value is -0.0800. The summed E-state index contributed by atoms with van der Waals surface area (Å²) in [6.07, 6.45) is 5.91. The van der Waals surface area contributed by atoms with Crippen LogP contribution < -0.4 is 5.32 Å². The largest absolute Gasteiger partial charge is 0.376 e. The lowest BCUT2D eigenvalue weighted by atomic mass is 9.84. The summed E-state index contributed by atoms with van der Waals surface area (Å²) < 4.78 is 5.80. The van der Waals surface area contributed by atoms with Gasteiger partial charge in [0.1, 0.15) is 0 Å². The first-order valence-electron chi connectivity index (χ1n) is 6.56. The van der Waals surface area contributed by atoms with Crippen molar-refractivity contribution in [2.75, 3.05) is 6.54 Å². The highest BCUT2D eigenvalue weighted by molar-refractivity contribution is 4.82. The van der Waals surface area contributed by atoms with Crippen LogP contribution in [0.25, 0.3) is 0 Å². The highest BCUT2D eigenvalue weighted by Crippen LogP contribution is 2.28. The maximum Gasteiger partial charge on any atom is 0.0553 e. The Bertz CT molecular complexity index is 156. The highest BCUT2D eigenvalue weighted by Gasteiger charge is 2.29. The van der Waals surface area contributed by atoms with Crippen LogP contribution >= 0.6 is 0 Å². The maximum atomic E-state index is 5.80. The first-order valence-corrected chi connectivity index (χ1v) is 6.56. The van der Waals surface area contributed by atoms with Gasteiger partial charge in [0.25, 0.3) is 0 Å². The Balaban J connectivity index is 2.49. The summed E-state index contributed by atoms with van der Waals surface area (Å²) in [6.45, 7) is 9.98. The van der Waals surface area contributed by atoms with Gasteiger partial charge in [-0.1, -0.05) is 20.3 Å². The van der Waals surface area contributed by atoms with Crippen molar-refractivity contribution in [1.29, 1.82) is 0 Å². The molecule has 0 spiro atoms. The summed E-state index contributed by atoms with van der Waals surface area (Å²) in [4.78, 5) is 0. The number of ether oxygens (including phenoxy) is 1. The highest BCUT2D eigenvalue weighted by atomic mass is 16.5. The summed E-state index contributed by atoms with van der Waals surface area (Å²) in [5.41, 5.74) is 0. The Morgan fingerprint density at radius 1 is 1.20 bits per heavy atom. The molecule has 1 heterocycles. The fourth-order valence-corrected chi connectivity index (χ4v) is 2.86. The molecule has 0 aromatic heterocycles. The Labute approximate surface area is 94.8 Å². The van der Waals surface area contributed by atoms with Gasteiger partial charge >= 0.3 is 0 Å². The van der Waals surface area contributed by atoms with E-state index >= 15 is 0 Å². The quantitative estimate of drug-likeness (QED) is 0.758. The predicted octanol–water partition coefficient (Wildman–Crippen LogP) is 2.97. The minimum Gasteiger partial charge on any atom is -0.376 e. The van der Waals surface area contributed by atoms with Gasteiger partial charge in [0.2, 0.25) is 0 Å². The summed E-state index contributed by atoms with van der Waals surface area (Å²) in [7, 11) is 0. The molecule has 3 unspecified atom stereocenters. The van der Waals surface area contributed by atoms with Crippen LogP contribution in [0.3, 0.4) is 0 Å². The molecule has 1 N–H and O–H groups in total. The molecule has 1 aliphatic rings. The maximum absolute atomic E-state index is 5.80. The van der Waals surface area contributed by atoms with Crippen LogP contribution in [0.4, 0.5) is 0 Å². The smallest absolute Gasteiger partial charge is 0.0553 e. The predicted molar refractivity (Wildman–Crippen MR) is 65.1 cm³/mol. The van der Waals surface area contributed by atoms with Crippen molar-refractivity contribution in [3.8, 4) is 0 Å². The van der Waals surface area contributed by atoms with Crippen LogP contribution in [0.1, 0.15) is 53.4 Å². The average Bonchev–Trinajstić information content (AvgIpc) is 2.16. The third-order valence-electron chi connectivity index (χ3n) is 3.37. The van der Waals surface area contributed by atoms with E-state index < -0.39 is 0 Å². The molecule has 0 amide bonds. The molecule has 0 aromatic carbocycles. The normalized spacial score (nSPS) is 34.0. The summed E-state index contributed by atoms with van der Waals surface area (Å²) in [6, 6.07) is 0.703. The zero-order chi connectivity index (χ0) is 11.3. The zero-order valence-corrected chi connectivity index (χ0v) is 10.8. The number of rotatable bonds is 5. The fourth-order valence-electron chi connectivity index (χ4n) is 2.86. The molecule has 2 nitrogen and oxygen atoms in total. The van der Waals surface area contributed by atoms with Crippen molar-refractivity contribution < 1.29 is 4.74 Å². The topological polar surface area (TPSA) is 21.3 Å². The summed E-state index contributed by atoms with van der Waals surface area (Å²) >= 11 is 0. The van der Waals surface area contributed by atoms with Crippen LogP contribution in [-0.4, -0.2) is 24.8 Å². The van der Waals surface area contributed by atoms with E-state index in [2.05, 4.69) is 33.0 Å². The van der Waals surface area contributed by atoms with Gasteiger partial charge in [-0.3, -0.25) is 0 Å². The van der Waals surface area contributed by atoms with E-state index in [0.29, 0.717) is 18.2 Å². The van der Waals surface area contributed by atoms with Crippen molar-refractivity contribution >= 4 is 0 Å². The standard InChI is InChI=1S/C13H27NO/c1-5-7-13(14-6-2)12-8-10(3)15-11(4)9-12/h10-14H,5-9H2,1-4H3. The monoisotopic (exact) mass is 213 g/mol. The van der Waals surface area contributed by atoms with Gasteiger partial charge in [-0.15, -0.1) is 0 Å².